The van der Waals surface area contributed by atoms with E-state index in [0.717, 1.165) is 32.8 Å². The SMILES string of the molecule is CCNC(c1ccc(Cl)s1)c1c(OC)cccc1OC. The largest absolute Gasteiger partial charge is 0.496 e. The lowest BCUT2D eigenvalue weighted by Gasteiger charge is -2.22. The Morgan fingerprint density at radius 1 is 1.15 bits per heavy atom. The normalized spacial score (nSPS) is 12.2. The number of benzene rings is 1. The van der Waals surface area contributed by atoms with Crippen LogP contribution < -0.4 is 14.8 Å². The fourth-order valence-corrected chi connectivity index (χ4v) is 3.34. The molecule has 1 aromatic carbocycles. The van der Waals surface area contributed by atoms with E-state index in [4.69, 9.17) is 21.1 Å². The molecule has 1 heterocycles. The molecule has 1 aromatic heterocycles. The van der Waals surface area contributed by atoms with Crippen LogP contribution in [0.3, 0.4) is 0 Å². The Balaban J connectivity index is 2.53. The third-order valence-corrected chi connectivity index (χ3v) is 4.34. The lowest BCUT2D eigenvalue weighted by molar-refractivity contribution is 0.378. The van der Waals surface area contributed by atoms with Crippen LogP contribution in [0, 0.1) is 0 Å². The van der Waals surface area contributed by atoms with Gasteiger partial charge < -0.3 is 14.8 Å². The highest BCUT2D eigenvalue weighted by Crippen LogP contribution is 2.40. The zero-order valence-corrected chi connectivity index (χ0v) is 13.3. The molecule has 1 atom stereocenters. The van der Waals surface area contributed by atoms with Crippen molar-refractivity contribution in [2.45, 2.75) is 13.0 Å². The van der Waals surface area contributed by atoms with Gasteiger partial charge in [-0.25, -0.2) is 0 Å². The number of hydrogen-bond acceptors (Lipinski definition) is 4. The highest BCUT2D eigenvalue weighted by molar-refractivity contribution is 7.16. The average molecular weight is 312 g/mol. The van der Waals surface area contributed by atoms with E-state index in [1.807, 2.05) is 30.3 Å². The molecule has 0 aliphatic heterocycles. The molecule has 3 nitrogen and oxygen atoms in total. The molecule has 1 N–H and O–H groups in total. The maximum absolute atomic E-state index is 6.07. The minimum atomic E-state index is 0.00333. The van der Waals surface area contributed by atoms with Crippen LogP contribution in [-0.2, 0) is 0 Å². The van der Waals surface area contributed by atoms with Crippen LogP contribution in [0.25, 0.3) is 0 Å². The average Bonchev–Trinajstić information content (AvgIpc) is 2.90. The standard InChI is InChI=1S/C15H18ClNO2S/c1-4-17-15(12-8-9-13(16)20-12)14-10(18-2)6-5-7-11(14)19-3/h5-9,15,17H,4H2,1-3H3. The van der Waals surface area contributed by atoms with Gasteiger partial charge in [-0.05, 0) is 30.8 Å². The molecule has 0 saturated carbocycles. The monoisotopic (exact) mass is 311 g/mol. The summed E-state index contributed by atoms with van der Waals surface area (Å²) in [7, 11) is 3.34. The Morgan fingerprint density at radius 2 is 1.80 bits per heavy atom. The highest BCUT2D eigenvalue weighted by Gasteiger charge is 2.23. The summed E-state index contributed by atoms with van der Waals surface area (Å²) >= 11 is 7.63. The van der Waals surface area contributed by atoms with Crippen LogP contribution in [0.15, 0.2) is 30.3 Å². The summed E-state index contributed by atoms with van der Waals surface area (Å²) in [4.78, 5) is 1.14. The molecular weight excluding hydrogens is 294 g/mol. The van der Waals surface area contributed by atoms with Crippen LogP contribution >= 0.6 is 22.9 Å². The maximum atomic E-state index is 6.07. The zero-order valence-electron chi connectivity index (χ0n) is 11.8. The second-order valence-corrected chi connectivity index (χ2v) is 5.96. The van der Waals surface area contributed by atoms with Crippen molar-refractivity contribution in [3.8, 4) is 11.5 Å². The third-order valence-electron chi connectivity index (χ3n) is 3.04. The molecule has 5 heteroatoms. The molecule has 0 saturated heterocycles. The molecule has 20 heavy (non-hydrogen) atoms. The third kappa shape index (κ3) is 3.08. The van der Waals surface area contributed by atoms with Gasteiger partial charge in [0.2, 0.25) is 0 Å². The number of ether oxygens (including phenoxy) is 2. The first kappa shape index (κ1) is 15.2. The zero-order chi connectivity index (χ0) is 14.5. The molecule has 0 aliphatic carbocycles. The second kappa shape index (κ2) is 6.97. The van der Waals surface area contributed by atoms with Gasteiger partial charge in [0.1, 0.15) is 11.5 Å². The Bertz CT molecular complexity index is 549. The van der Waals surface area contributed by atoms with Crippen molar-refractivity contribution in [3.05, 3.63) is 45.1 Å². The van der Waals surface area contributed by atoms with Crippen LogP contribution in [0.4, 0.5) is 0 Å². The minimum Gasteiger partial charge on any atom is -0.496 e. The van der Waals surface area contributed by atoms with Gasteiger partial charge in [-0.15, -0.1) is 11.3 Å². The number of halogens is 1. The van der Waals surface area contributed by atoms with Gasteiger partial charge in [-0.1, -0.05) is 24.6 Å². The predicted octanol–water partition coefficient (Wildman–Crippen LogP) is 4.12. The van der Waals surface area contributed by atoms with Crippen molar-refractivity contribution in [1.82, 2.24) is 5.32 Å². The van der Waals surface area contributed by atoms with E-state index >= 15 is 0 Å². The van der Waals surface area contributed by atoms with E-state index in [-0.39, 0.29) is 6.04 Å². The fourth-order valence-electron chi connectivity index (χ4n) is 2.20. The predicted molar refractivity (Wildman–Crippen MR) is 84.4 cm³/mol. The molecule has 108 valence electrons. The molecule has 2 rings (SSSR count). The van der Waals surface area contributed by atoms with Gasteiger partial charge in [0, 0.05) is 4.88 Å². The molecule has 0 radical (unpaired) electrons. The Morgan fingerprint density at radius 3 is 2.25 bits per heavy atom. The molecule has 0 fully saturated rings. The van der Waals surface area contributed by atoms with Crippen molar-refractivity contribution in [2.24, 2.45) is 0 Å². The van der Waals surface area contributed by atoms with E-state index in [9.17, 15) is 0 Å². The van der Waals surface area contributed by atoms with E-state index in [0.29, 0.717) is 0 Å². The van der Waals surface area contributed by atoms with Crippen molar-refractivity contribution in [3.63, 3.8) is 0 Å². The molecule has 1 unspecified atom stereocenters. The van der Waals surface area contributed by atoms with E-state index in [1.165, 1.54) is 0 Å². The number of methoxy groups -OCH3 is 2. The van der Waals surface area contributed by atoms with Gasteiger partial charge in [0.15, 0.2) is 0 Å². The number of rotatable bonds is 6. The molecule has 2 aromatic rings. The molecular formula is C15H18ClNO2S. The quantitative estimate of drug-likeness (QED) is 0.870. The summed E-state index contributed by atoms with van der Waals surface area (Å²) in [5.41, 5.74) is 0.998. The molecule has 0 spiro atoms. The van der Waals surface area contributed by atoms with E-state index in [1.54, 1.807) is 25.6 Å². The number of thiophene rings is 1. The number of hydrogen-bond donors (Lipinski definition) is 1. The van der Waals surface area contributed by atoms with Gasteiger partial charge >= 0.3 is 0 Å². The Kier molecular flexibility index (Phi) is 5.29. The van der Waals surface area contributed by atoms with Crippen LogP contribution in [-0.4, -0.2) is 20.8 Å². The number of nitrogens with one attached hydrogen (secondary N) is 1. The summed E-state index contributed by atoms with van der Waals surface area (Å²) in [5.74, 6) is 1.61. The first-order chi connectivity index (χ1) is 9.71. The fraction of sp³-hybridized carbons (Fsp3) is 0.333. The lowest BCUT2D eigenvalue weighted by Crippen LogP contribution is -2.22. The summed E-state index contributed by atoms with van der Waals surface area (Å²) < 4.78 is 11.8. The lowest BCUT2D eigenvalue weighted by atomic mass is 10.0. The van der Waals surface area contributed by atoms with Crippen molar-refractivity contribution in [1.29, 1.82) is 0 Å². The Labute approximate surface area is 128 Å². The summed E-state index contributed by atoms with van der Waals surface area (Å²) in [6, 6.07) is 9.75. The van der Waals surface area contributed by atoms with Crippen LogP contribution in [0.5, 0.6) is 11.5 Å². The van der Waals surface area contributed by atoms with Crippen molar-refractivity contribution in [2.75, 3.05) is 20.8 Å². The van der Waals surface area contributed by atoms with Gasteiger partial charge in [0.05, 0.1) is 30.2 Å². The van der Waals surface area contributed by atoms with Gasteiger partial charge in [0.25, 0.3) is 0 Å². The van der Waals surface area contributed by atoms with E-state index in [2.05, 4.69) is 12.2 Å². The van der Waals surface area contributed by atoms with Gasteiger partial charge in [-0.2, -0.15) is 0 Å². The summed E-state index contributed by atoms with van der Waals surface area (Å²) in [6.07, 6.45) is 0. The van der Waals surface area contributed by atoms with Crippen molar-refractivity contribution >= 4 is 22.9 Å². The summed E-state index contributed by atoms with van der Waals surface area (Å²) in [6.45, 7) is 2.91. The molecule has 0 amide bonds. The molecule has 0 aliphatic rings. The second-order valence-electron chi connectivity index (χ2n) is 4.21. The maximum Gasteiger partial charge on any atom is 0.127 e. The van der Waals surface area contributed by atoms with E-state index < -0.39 is 0 Å². The van der Waals surface area contributed by atoms with Crippen LogP contribution in [0.2, 0.25) is 4.34 Å². The molecule has 0 bridgehead atoms. The highest BCUT2D eigenvalue weighted by atomic mass is 35.5. The van der Waals surface area contributed by atoms with Gasteiger partial charge in [-0.3, -0.25) is 0 Å². The first-order valence-electron chi connectivity index (χ1n) is 6.40. The topological polar surface area (TPSA) is 30.5 Å². The summed E-state index contributed by atoms with van der Waals surface area (Å²) in [5, 5.41) is 3.47. The minimum absolute atomic E-state index is 0.00333. The van der Waals surface area contributed by atoms with Crippen LogP contribution in [0.1, 0.15) is 23.4 Å². The first-order valence-corrected chi connectivity index (χ1v) is 7.60. The Hall–Kier alpha value is -1.23. The van der Waals surface area contributed by atoms with Crippen molar-refractivity contribution < 1.29 is 9.47 Å². The smallest absolute Gasteiger partial charge is 0.127 e.